The van der Waals surface area contributed by atoms with Gasteiger partial charge in [-0.25, -0.2) is 0 Å². The van der Waals surface area contributed by atoms with Crippen molar-refractivity contribution in [3.05, 3.63) is 0 Å². The van der Waals surface area contributed by atoms with Crippen molar-refractivity contribution in [2.24, 2.45) is 11.3 Å². The molecule has 1 aliphatic heterocycles. The lowest BCUT2D eigenvalue weighted by Crippen LogP contribution is -2.20. The first-order valence-corrected chi connectivity index (χ1v) is 5.48. The molecule has 0 bridgehead atoms. The summed E-state index contributed by atoms with van der Waals surface area (Å²) in [6.07, 6.45) is 2.55. The summed E-state index contributed by atoms with van der Waals surface area (Å²) >= 11 is 2.05. The molecule has 0 spiro atoms. The van der Waals surface area contributed by atoms with Crippen LogP contribution in [0.15, 0.2) is 0 Å². The van der Waals surface area contributed by atoms with E-state index in [1.165, 1.54) is 24.3 Å². The van der Waals surface area contributed by atoms with Gasteiger partial charge in [-0.2, -0.15) is 11.8 Å². The van der Waals surface area contributed by atoms with Gasteiger partial charge in [-0.1, -0.05) is 13.8 Å². The number of aliphatic hydroxyl groups is 1. The van der Waals surface area contributed by atoms with Crippen LogP contribution in [0.4, 0.5) is 0 Å². The predicted octanol–water partition coefficient (Wildman–Crippen LogP) is 2.15. The van der Waals surface area contributed by atoms with Crippen molar-refractivity contribution in [2.75, 3.05) is 18.1 Å². The van der Waals surface area contributed by atoms with Gasteiger partial charge in [0.2, 0.25) is 0 Å². The quantitative estimate of drug-likeness (QED) is 0.707. The Morgan fingerprint density at radius 3 is 2.73 bits per heavy atom. The average molecular weight is 174 g/mol. The van der Waals surface area contributed by atoms with Crippen molar-refractivity contribution >= 4 is 11.8 Å². The fourth-order valence-electron chi connectivity index (χ4n) is 1.59. The highest BCUT2D eigenvalue weighted by Gasteiger charge is 2.24. The molecule has 0 aromatic rings. The Morgan fingerprint density at radius 2 is 2.27 bits per heavy atom. The Labute approximate surface area is 73.6 Å². The summed E-state index contributed by atoms with van der Waals surface area (Å²) in [5, 5.41) is 9.05. The van der Waals surface area contributed by atoms with Gasteiger partial charge >= 0.3 is 0 Å². The maximum absolute atomic E-state index is 9.05. The summed E-state index contributed by atoms with van der Waals surface area (Å²) in [7, 11) is 0. The second-order valence-corrected chi connectivity index (χ2v) is 5.41. The van der Waals surface area contributed by atoms with Crippen molar-refractivity contribution in [2.45, 2.75) is 26.7 Å². The number of hydrogen-bond acceptors (Lipinski definition) is 2. The second kappa shape index (κ2) is 3.81. The fraction of sp³-hybridized carbons (Fsp3) is 1.00. The van der Waals surface area contributed by atoms with E-state index >= 15 is 0 Å². The maximum Gasteiger partial charge on any atom is 0.0482 e. The zero-order chi connectivity index (χ0) is 8.32. The van der Waals surface area contributed by atoms with Crippen LogP contribution < -0.4 is 0 Å². The van der Waals surface area contributed by atoms with Crippen LogP contribution in [-0.2, 0) is 0 Å². The van der Waals surface area contributed by atoms with Crippen molar-refractivity contribution in [1.82, 2.24) is 0 Å². The molecule has 66 valence electrons. The van der Waals surface area contributed by atoms with Crippen LogP contribution >= 0.6 is 11.8 Å². The van der Waals surface area contributed by atoms with Gasteiger partial charge in [-0.15, -0.1) is 0 Å². The summed E-state index contributed by atoms with van der Waals surface area (Å²) in [4.78, 5) is 0. The minimum Gasteiger partial charge on any atom is -0.396 e. The van der Waals surface area contributed by atoms with Crippen LogP contribution in [0.25, 0.3) is 0 Å². The molecule has 1 saturated heterocycles. The Morgan fingerprint density at radius 1 is 1.55 bits per heavy atom. The van der Waals surface area contributed by atoms with Gasteiger partial charge in [0.05, 0.1) is 0 Å². The molecule has 0 amide bonds. The predicted molar refractivity (Wildman–Crippen MR) is 50.9 cm³/mol. The van der Waals surface area contributed by atoms with Gasteiger partial charge in [-0.3, -0.25) is 0 Å². The Balaban J connectivity index is 2.28. The van der Waals surface area contributed by atoms with Crippen molar-refractivity contribution < 1.29 is 5.11 Å². The lowest BCUT2D eigenvalue weighted by molar-refractivity contribution is 0.134. The molecule has 11 heavy (non-hydrogen) atoms. The highest BCUT2D eigenvalue weighted by atomic mass is 32.2. The molecule has 0 radical (unpaired) electrons. The van der Waals surface area contributed by atoms with Gasteiger partial charge in [-0.05, 0) is 35.7 Å². The highest BCUT2D eigenvalue weighted by Crippen LogP contribution is 2.33. The van der Waals surface area contributed by atoms with Crippen molar-refractivity contribution in [1.29, 1.82) is 0 Å². The van der Waals surface area contributed by atoms with E-state index in [0.717, 1.165) is 5.92 Å². The molecule has 1 aliphatic rings. The molecule has 0 aromatic heterocycles. The van der Waals surface area contributed by atoms with E-state index in [0.29, 0.717) is 6.61 Å². The third-order valence-electron chi connectivity index (χ3n) is 2.29. The molecule has 0 aromatic carbocycles. The minimum atomic E-state index is 0.148. The van der Waals surface area contributed by atoms with Crippen molar-refractivity contribution in [3.8, 4) is 0 Å². The van der Waals surface area contributed by atoms with E-state index in [2.05, 4.69) is 25.6 Å². The van der Waals surface area contributed by atoms with Gasteiger partial charge in [0.15, 0.2) is 0 Å². The molecule has 0 aliphatic carbocycles. The largest absolute Gasteiger partial charge is 0.396 e. The summed E-state index contributed by atoms with van der Waals surface area (Å²) in [5.41, 5.74) is 0.148. The molecular weight excluding hydrogens is 156 g/mol. The summed E-state index contributed by atoms with van der Waals surface area (Å²) in [5.74, 6) is 3.50. The third kappa shape index (κ3) is 3.04. The lowest BCUT2D eigenvalue weighted by Gasteiger charge is -2.24. The maximum atomic E-state index is 9.05. The minimum absolute atomic E-state index is 0.148. The molecule has 1 unspecified atom stereocenters. The van der Waals surface area contributed by atoms with E-state index in [1.54, 1.807) is 0 Å². The van der Waals surface area contributed by atoms with E-state index in [4.69, 9.17) is 5.11 Å². The summed E-state index contributed by atoms with van der Waals surface area (Å²) in [6.45, 7) is 4.63. The SMILES string of the molecule is CC(C)(CO)CC1CCSC1. The average Bonchev–Trinajstić information content (AvgIpc) is 2.39. The third-order valence-corrected chi connectivity index (χ3v) is 3.52. The molecule has 0 saturated carbocycles. The van der Waals surface area contributed by atoms with E-state index < -0.39 is 0 Å². The van der Waals surface area contributed by atoms with Crippen LogP contribution in [0.5, 0.6) is 0 Å². The number of hydrogen-bond donors (Lipinski definition) is 1. The molecular formula is C9H18OS. The smallest absolute Gasteiger partial charge is 0.0482 e. The molecule has 1 fully saturated rings. The van der Waals surface area contributed by atoms with E-state index in [9.17, 15) is 0 Å². The lowest BCUT2D eigenvalue weighted by atomic mass is 9.83. The normalized spacial score (nSPS) is 25.9. The monoisotopic (exact) mass is 174 g/mol. The Hall–Kier alpha value is 0.310. The molecule has 1 atom stereocenters. The number of aliphatic hydroxyl groups excluding tert-OH is 1. The molecule has 1 rings (SSSR count). The standard InChI is InChI=1S/C9H18OS/c1-9(2,7-10)5-8-3-4-11-6-8/h8,10H,3-7H2,1-2H3. The van der Waals surface area contributed by atoms with Crippen LogP contribution in [-0.4, -0.2) is 23.2 Å². The first-order chi connectivity index (χ1) is 5.14. The Bertz CT molecular complexity index is 117. The van der Waals surface area contributed by atoms with Gasteiger partial charge in [0.25, 0.3) is 0 Å². The fourth-order valence-corrected chi connectivity index (χ4v) is 2.87. The summed E-state index contributed by atoms with van der Waals surface area (Å²) < 4.78 is 0. The number of thioether (sulfide) groups is 1. The highest BCUT2D eigenvalue weighted by molar-refractivity contribution is 7.99. The van der Waals surface area contributed by atoms with E-state index in [1.807, 2.05) is 0 Å². The summed E-state index contributed by atoms with van der Waals surface area (Å²) in [6, 6.07) is 0. The van der Waals surface area contributed by atoms with Crippen LogP contribution in [0.1, 0.15) is 26.7 Å². The second-order valence-electron chi connectivity index (χ2n) is 4.26. The first kappa shape index (κ1) is 9.40. The zero-order valence-corrected chi connectivity index (χ0v) is 8.28. The molecule has 1 nitrogen and oxygen atoms in total. The van der Waals surface area contributed by atoms with Crippen LogP contribution in [0.3, 0.4) is 0 Å². The van der Waals surface area contributed by atoms with Crippen LogP contribution in [0.2, 0.25) is 0 Å². The molecule has 1 heterocycles. The first-order valence-electron chi connectivity index (χ1n) is 4.33. The number of rotatable bonds is 3. The van der Waals surface area contributed by atoms with Crippen LogP contribution in [0, 0.1) is 11.3 Å². The van der Waals surface area contributed by atoms with Gasteiger partial charge < -0.3 is 5.11 Å². The topological polar surface area (TPSA) is 20.2 Å². The van der Waals surface area contributed by atoms with Crippen molar-refractivity contribution in [3.63, 3.8) is 0 Å². The van der Waals surface area contributed by atoms with Gasteiger partial charge in [0.1, 0.15) is 0 Å². The Kier molecular flexibility index (Phi) is 3.26. The zero-order valence-electron chi connectivity index (χ0n) is 7.47. The molecule has 1 N–H and O–H groups in total. The van der Waals surface area contributed by atoms with E-state index in [-0.39, 0.29) is 5.41 Å². The molecule has 2 heteroatoms. The van der Waals surface area contributed by atoms with Gasteiger partial charge in [0, 0.05) is 6.61 Å².